The summed E-state index contributed by atoms with van der Waals surface area (Å²) in [5.74, 6) is -0.177. The van der Waals surface area contributed by atoms with Gasteiger partial charge in [0.2, 0.25) is 0 Å². The molecule has 0 unspecified atom stereocenters. The summed E-state index contributed by atoms with van der Waals surface area (Å²) in [5, 5.41) is 3.13. The van der Waals surface area contributed by atoms with Gasteiger partial charge in [-0.3, -0.25) is 4.79 Å². The zero-order valence-corrected chi connectivity index (χ0v) is 11.2. The molecule has 0 aromatic carbocycles. The van der Waals surface area contributed by atoms with Crippen LogP contribution in [0.25, 0.3) is 0 Å². The van der Waals surface area contributed by atoms with E-state index in [-0.39, 0.29) is 12.1 Å². The minimum absolute atomic E-state index is 0.0326. The average Bonchev–Trinajstić information content (AvgIpc) is 2.76. The van der Waals surface area contributed by atoms with Crippen molar-refractivity contribution in [2.75, 3.05) is 6.54 Å². The van der Waals surface area contributed by atoms with Crippen molar-refractivity contribution in [3.63, 3.8) is 0 Å². The Morgan fingerprint density at radius 2 is 2.35 bits per heavy atom. The van der Waals surface area contributed by atoms with Crippen molar-refractivity contribution in [2.45, 2.75) is 45.8 Å². The summed E-state index contributed by atoms with van der Waals surface area (Å²) in [5.41, 5.74) is 1.51. The van der Waals surface area contributed by atoms with Crippen molar-refractivity contribution in [3.05, 3.63) is 21.4 Å². The van der Waals surface area contributed by atoms with Crippen molar-refractivity contribution in [3.8, 4) is 0 Å². The number of aryl methyl sites for hydroxylation is 2. The van der Waals surface area contributed by atoms with Gasteiger partial charge in [0.15, 0.2) is 0 Å². The zero-order chi connectivity index (χ0) is 12.3. The Morgan fingerprint density at radius 3 is 3.06 bits per heavy atom. The smallest absolute Gasteiger partial charge is 0.320 e. The van der Waals surface area contributed by atoms with Crippen molar-refractivity contribution in [1.29, 1.82) is 0 Å². The number of carbonyl (C=O) groups excluding carboxylic acids is 1. The SMILES string of the molecule is CC(C)OC(=O)CNCc1cc2c(s1)CCC2. The first-order chi connectivity index (χ1) is 8.15. The lowest BCUT2D eigenvalue weighted by molar-refractivity contribution is -0.146. The van der Waals surface area contributed by atoms with Crippen LogP contribution in [-0.4, -0.2) is 18.6 Å². The van der Waals surface area contributed by atoms with Gasteiger partial charge in [-0.1, -0.05) is 0 Å². The molecule has 1 aliphatic carbocycles. The summed E-state index contributed by atoms with van der Waals surface area (Å²) in [6, 6.07) is 2.27. The molecule has 4 heteroatoms. The van der Waals surface area contributed by atoms with Crippen LogP contribution in [0.4, 0.5) is 0 Å². The number of fused-ring (bicyclic) bond motifs is 1. The van der Waals surface area contributed by atoms with Crippen LogP contribution in [0.15, 0.2) is 6.07 Å². The molecule has 17 heavy (non-hydrogen) atoms. The summed E-state index contributed by atoms with van der Waals surface area (Å²) >= 11 is 1.87. The molecule has 0 saturated carbocycles. The van der Waals surface area contributed by atoms with Gasteiger partial charge in [0.05, 0.1) is 12.6 Å². The zero-order valence-electron chi connectivity index (χ0n) is 10.4. The third-order valence-electron chi connectivity index (χ3n) is 2.73. The highest BCUT2D eigenvalue weighted by Crippen LogP contribution is 2.30. The molecule has 2 rings (SSSR count). The van der Waals surface area contributed by atoms with Crippen LogP contribution >= 0.6 is 11.3 Å². The molecular weight excluding hydrogens is 234 g/mol. The van der Waals surface area contributed by atoms with Gasteiger partial charge >= 0.3 is 5.97 Å². The van der Waals surface area contributed by atoms with Crippen LogP contribution in [0.2, 0.25) is 0 Å². The molecule has 3 nitrogen and oxygen atoms in total. The van der Waals surface area contributed by atoms with E-state index in [2.05, 4.69) is 11.4 Å². The maximum Gasteiger partial charge on any atom is 0.320 e. The molecule has 0 radical (unpaired) electrons. The van der Waals surface area contributed by atoms with Gasteiger partial charge in [0.1, 0.15) is 0 Å². The van der Waals surface area contributed by atoms with Crippen LogP contribution in [0, 0.1) is 0 Å². The molecule has 0 fully saturated rings. The van der Waals surface area contributed by atoms with E-state index in [4.69, 9.17) is 4.74 Å². The van der Waals surface area contributed by atoms with Crippen molar-refractivity contribution >= 4 is 17.3 Å². The molecule has 1 aliphatic rings. The highest BCUT2D eigenvalue weighted by Gasteiger charge is 2.14. The number of ether oxygens (including phenoxy) is 1. The minimum atomic E-state index is -0.177. The summed E-state index contributed by atoms with van der Waals surface area (Å²) < 4.78 is 5.05. The second-order valence-corrected chi connectivity index (χ2v) is 5.88. The van der Waals surface area contributed by atoms with E-state index in [1.54, 1.807) is 0 Å². The maximum atomic E-state index is 11.3. The predicted molar refractivity (Wildman–Crippen MR) is 69.3 cm³/mol. The average molecular weight is 253 g/mol. The van der Waals surface area contributed by atoms with Gasteiger partial charge in [-0.25, -0.2) is 0 Å². The first-order valence-corrected chi connectivity index (χ1v) is 6.97. The molecule has 1 heterocycles. The topological polar surface area (TPSA) is 38.3 Å². The lowest BCUT2D eigenvalue weighted by Gasteiger charge is -2.08. The first kappa shape index (κ1) is 12.6. The van der Waals surface area contributed by atoms with E-state index in [1.807, 2.05) is 25.2 Å². The van der Waals surface area contributed by atoms with Gasteiger partial charge < -0.3 is 10.1 Å². The van der Waals surface area contributed by atoms with Gasteiger partial charge in [-0.05, 0) is 44.7 Å². The normalized spacial score (nSPS) is 14.1. The Bertz CT molecular complexity index is 377. The first-order valence-electron chi connectivity index (χ1n) is 6.16. The van der Waals surface area contributed by atoms with Crippen LogP contribution in [0.3, 0.4) is 0 Å². The van der Waals surface area contributed by atoms with E-state index < -0.39 is 0 Å². The second-order valence-electron chi connectivity index (χ2n) is 4.66. The monoisotopic (exact) mass is 253 g/mol. The molecule has 0 amide bonds. The summed E-state index contributed by atoms with van der Waals surface area (Å²) in [4.78, 5) is 14.2. The molecular formula is C13H19NO2S. The number of hydrogen-bond donors (Lipinski definition) is 1. The molecule has 0 atom stereocenters. The third kappa shape index (κ3) is 3.54. The van der Waals surface area contributed by atoms with Gasteiger partial charge in [0, 0.05) is 16.3 Å². The third-order valence-corrected chi connectivity index (χ3v) is 3.97. The Hall–Kier alpha value is -0.870. The number of carbonyl (C=O) groups is 1. The molecule has 0 aliphatic heterocycles. The van der Waals surface area contributed by atoms with Crippen LogP contribution in [0.1, 0.15) is 35.6 Å². The fraction of sp³-hybridized carbons (Fsp3) is 0.615. The molecule has 1 aromatic heterocycles. The quantitative estimate of drug-likeness (QED) is 0.818. The second kappa shape index (κ2) is 5.65. The Morgan fingerprint density at radius 1 is 1.53 bits per heavy atom. The fourth-order valence-corrected chi connectivity index (χ4v) is 3.30. The van der Waals surface area contributed by atoms with E-state index >= 15 is 0 Å². The lowest BCUT2D eigenvalue weighted by Crippen LogP contribution is -2.26. The van der Waals surface area contributed by atoms with Crippen molar-refractivity contribution in [2.24, 2.45) is 0 Å². The van der Waals surface area contributed by atoms with Gasteiger partial charge in [0.25, 0.3) is 0 Å². The molecule has 1 aromatic rings. The number of thiophene rings is 1. The molecule has 94 valence electrons. The highest BCUT2D eigenvalue weighted by molar-refractivity contribution is 7.12. The molecule has 0 bridgehead atoms. The van der Waals surface area contributed by atoms with Crippen LogP contribution in [0.5, 0.6) is 0 Å². The van der Waals surface area contributed by atoms with E-state index in [0.29, 0.717) is 6.54 Å². The minimum Gasteiger partial charge on any atom is -0.462 e. The van der Waals surface area contributed by atoms with E-state index in [9.17, 15) is 4.79 Å². The standard InChI is InChI=1S/C13H19NO2S/c1-9(2)16-13(15)8-14-7-11-6-10-4-3-5-12(10)17-11/h6,9,14H,3-5,7-8H2,1-2H3. The maximum absolute atomic E-state index is 11.3. The van der Waals surface area contributed by atoms with Gasteiger partial charge in [-0.2, -0.15) is 0 Å². The van der Waals surface area contributed by atoms with E-state index in [0.717, 1.165) is 6.54 Å². The summed E-state index contributed by atoms with van der Waals surface area (Å²) in [7, 11) is 0. The largest absolute Gasteiger partial charge is 0.462 e. The Kier molecular flexibility index (Phi) is 4.18. The number of hydrogen-bond acceptors (Lipinski definition) is 4. The predicted octanol–water partition coefficient (Wildman–Crippen LogP) is 2.28. The van der Waals surface area contributed by atoms with Crippen LogP contribution < -0.4 is 5.32 Å². The van der Waals surface area contributed by atoms with E-state index in [1.165, 1.54) is 34.6 Å². The molecule has 0 spiro atoms. The summed E-state index contributed by atoms with van der Waals surface area (Å²) in [6.07, 6.45) is 3.72. The van der Waals surface area contributed by atoms with Crippen molar-refractivity contribution in [1.82, 2.24) is 5.32 Å². The Balaban J connectivity index is 1.73. The van der Waals surface area contributed by atoms with Crippen molar-refractivity contribution < 1.29 is 9.53 Å². The Labute approximate surface area is 106 Å². The van der Waals surface area contributed by atoms with Crippen LogP contribution in [-0.2, 0) is 28.9 Å². The number of rotatable bonds is 5. The van der Waals surface area contributed by atoms with Gasteiger partial charge in [-0.15, -0.1) is 11.3 Å². The lowest BCUT2D eigenvalue weighted by atomic mass is 10.2. The molecule has 0 saturated heterocycles. The summed E-state index contributed by atoms with van der Waals surface area (Å²) in [6.45, 7) is 4.79. The fourth-order valence-electron chi connectivity index (χ4n) is 2.07. The number of esters is 1. The number of nitrogens with one attached hydrogen (secondary N) is 1. The highest BCUT2D eigenvalue weighted by atomic mass is 32.1. The molecule has 1 N–H and O–H groups in total.